The summed E-state index contributed by atoms with van der Waals surface area (Å²) in [5.41, 5.74) is 8.66. The molecule has 2 rings (SSSR count). The highest BCUT2D eigenvalue weighted by Gasteiger charge is 2.21. The monoisotopic (exact) mass is 234 g/mol. The van der Waals surface area contributed by atoms with Crippen molar-refractivity contribution in [2.45, 2.75) is 39.2 Å². The predicted octanol–water partition coefficient (Wildman–Crippen LogP) is 2.80. The molecule has 0 saturated heterocycles. The van der Waals surface area contributed by atoms with Crippen LogP contribution in [0.25, 0.3) is 11.0 Å². The van der Waals surface area contributed by atoms with Crippen molar-refractivity contribution in [1.29, 1.82) is 0 Å². The number of hydrogen-bond acceptors (Lipinski definition) is 5. The number of hydrogen-bond donors (Lipinski definition) is 2. The van der Waals surface area contributed by atoms with Crippen LogP contribution >= 0.6 is 0 Å². The van der Waals surface area contributed by atoms with Crippen molar-refractivity contribution < 1.29 is 4.63 Å². The topological polar surface area (TPSA) is 77.0 Å². The van der Waals surface area contributed by atoms with E-state index in [0.717, 1.165) is 18.5 Å². The molecule has 3 N–H and O–H groups in total. The second kappa shape index (κ2) is 4.24. The predicted molar refractivity (Wildman–Crippen MR) is 68.8 cm³/mol. The second-order valence-corrected chi connectivity index (χ2v) is 4.56. The number of fused-ring (bicyclic) bond motifs is 1. The van der Waals surface area contributed by atoms with Gasteiger partial charge in [-0.2, -0.15) is 0 Å². The lowest BCUT2D eigenvalue weighted by molar-refractivity contribution is 0.315. The molecule has 92 valence electrons. The van der Waals surface area contributed by atoms with Gasteiger partial charge in [-0.15, -0.1) is 0 Å². The van der Waals surface area contributed by atoms with Gasteiger partial charge in [0.1, 0.15) is 0 Å². The van der Waals surface area contributed by atoms with Gasteiger partial charge in [-0.05, 0) is 42.2 Å². The highest BCUT2D eigenvalue weighted by molar-refractivity contribution is 5.95. The van der Waals surface area contributed by atoms with E-state index in [1.807, 2.05) is 12.1 Å². The van der Waals surface area contributed by atoms with Crippen LogP contribution in [0.5, 0.6) is 0 Å². The van der Waals surface area contributed by atoms with Gasteiger partial charge in [0.25, 0.3) is 0 Å². The lowest BCUT2D eigenvalue weighted by atomic mass is 9.95. The lowest BCUT2D eigenvalue weighted by Gasteiger charge is -2.29. The fourth-order valence-electron chi connectivity index (χ4n) is 1.74. The number of rotatable bonds is 4. The fourth-order valence-corrected chi connectivity index (χ4v) is 1.74. The van der Waals surface area contributed by atoms with Crippen LogP contribution in [0, 0.1) is 0 Å². The first-order valence-electron chi connectivity index (χ1n) is 5.88. The number of nitrogens with one attached hydrogen (secondary N) is 1. The number of anilines is 2. The largest absolute Gasteiger partial charge is 0.397 e. The molecule has 1 heterocycles. The summed E-state index contributed by atoms with van der Waals surface area (Å²) in [6.45, 7) is 6.50. The maximum atomic E-state index is 5.81. The van der Waals surface area contributed by atoms with Crippen molar-refractivity contribution in [3.05, 3.63) is 12.1 Å². The molecule has 0 saturated carbocycles. The van der Waals surface area contributed by atoms with E-state index >= 15 is 0 Å². The Labute approximate surface area is 100 Å². The number of aromatic nitrogens is 2. The Hall–Kier alpha value is -1.78. The summed E-state index contributed by atoms with van der Waals surface area (Å²) in [4.78, 5) is 0. The van der Waals surface area contributed by atoms with Crippen LogP contribution in [0.15, 0.2) is 16.8 Å². The van der Waals surface area contributed by atoms with Crippen molar-refractivity contribution in [2.24, 2.45) is 0 Å². The molecular weight excluding hydrogens is 216 g/mol. The van der Waals surface area contributed by atoms with Crippen molar-refractivity contribution >= 4 is 22.4 Å². The minimum atomic E-state index is 0.0436. The molecule has 0 aliphatic carbocycles. The van der Waals surface area contributed by atoms with Gasteiger partial charge in [-0.1, -0.05) is 13.8 Å². The Morgan fingerprint density at radius 2 is 1.88 bits per heavy atom. The van der Waals surface area contributed by atoms with E-state index in [-0.39, 0.29) is 5.54 Å². The number of nitrogens with two attached hydrogens (primary N) is 1. The van der Waals surface area contributed by atoms with Crippen molar-refractivity contribution in [3.63, 3.8) is 0 Å². The molecule has 0 bridgehead atoms. The van der Waals surface area contributed by atoms with Crippen molar-refractivity contribution in [2.75, 3.05) is 11.1 Å². The molecule has 1 aromatic carbocycles. The Bertz CT molecular complexity index is 516. The zero-order valence-corrected chi connectivity index (χ0v) is 10.4. The van der Waals surface area contributed by atoms with Crippen molar-refractivity contribution in [3.8, 4) is 0 Å². The fraction of sp³-hybridized carbons (Fsp3) is 0.500. The van der Waals surface area contributed by atoms with Gasteiger partial charge in [0.15, 0.2) is 11.0 Å². The molecule has 0 atom stereocenters. The maximum Gasteiger partial charge on any atom is 0.160 e. The summed E-state index contributed by atoms with van der Waals surface area (Å²) in [6.07, 6.45) is 2.06. The molecule has 0 radical (unpaired) electrons. The Morgan fingerprint density at radius 3 is 2.53 bits per heavy atom. The van der Waals surface area contributed by atoms with Crippen LogP contribution in [0.4, 0.5) is 11.4 Å². The quantitative estimate of drug-likeness (QED) is 0.795. The molecule has 0 fully saturated rings. The highest BCUT2D eigenvalue weighted by atomic mass is 16.6. The first-order valence-corrected chi connectivity index (χ1v) is 5.88. The zero-order valence-electron chi connectivity index (χ0n) is 10.4. The van der Waals surface area contributed by atoms with Crippen LogP contribution in [-0.2, 0) is 0 Å². The van der Waals surface area contributed by atoms with Crippen LogP contribution in [0.3, 0.4) is 0 Å². The summed E-state index contributed by atoms with van der Waals surface area (Å²) < 4.78 is 4.75. The number of benzene rings is 1. The Balaban J connectivity index is 2.43. The Kier molecular flexibility index (Phi) is 2.92. The zero-order chi connectivity index (χ0) is 12.5. The third kappa shape index (κ3) is 2.05. The summed E-state index contributed by atoms with van der Waals surface area (Å²) >= 11 is 0. The van der Waals surface area contributed by atoms with Crippen LogP contribution in [0.1, 0.15) is 33.6 Å². The third-order valence-electron chi connectivity index (χ3n) is 3.44. The molecule has 2 aromatic rings. The molecule has 0 amide bonds. The average molecular weight is 234 g/mol. The third-order valence-corrected chi connectivity index (χ3v) is 3.44. The lowest BCUT2D eigenvalue weighted by Crippen LogP contribution is -2.33. The second-order valence-electron chi connectivity index (χ2n) is 4.56. The van der Waals surface area contributed by atoms with E-state index in [1.54, 1.807) is 0 Å². The van der Waals surface area contributed by atoms with Crippen LogP contribution in [-0.4, -0.2) is 15.9 Å². The molecule has 1 aromatic heterocycles. The molecular formula is C12H18N4O. The SMILES string of the molecule is CCC(C)(CC)Nc1ccc(N)c2nonc12. The van der Waals surface area contributed by atoms with E-state index in [1.165, 1.54) is 0 Å². The molecule has 5 nitrogen and oxygen atoms in total. The molecule has 0 spiro atoms. The molecule has 17 heavy (non-hydrogen) atoms. The number of nitrogen functional groups attached to an aromatic ring is 1. The molecule has 0 aliphatic rings. The highest BCUT2D eigenvalue weighted by Crippen LogP contribution is 2.29. The number of nitrogens with zero attached hydrogens (tertiary/aromatic N) is 2. The van der Waals surface area contributed by atoms with E-state index in [0.29, 0.717) is 16.7 Å². The van der Waals surface area contributed by atoms with E-state index in [4.69, 9.17) is 10.4 Å². The van der Waals surface area contributed by atoms with Gasteiger partial charge in [0.2, 0.25) is 0 Å². The van der Waals surface area contributed by atoms with Gasteiger partial charge in [0, 0.05) is 5.54 Å². The average Bonchev–Trinajstić information content (AvgIpc) is 2.83. The van der Waals surface area contributed by atoms with Crippen LogP contribution < -0.4 is 11.1 Å². The Morgan fingerprint density at radius 1 is 1.24 bits per heavy atom. The first-order chi connectivity index (χ1) is 8.09. The van der Waals surface area contributed by atoms with Gasteiger partial charge < -0.3 is 11.1 Å². The molecule has 0 aliphatic heterocycles. The van der Waals surface area contributed by atoms with Gasteiger partial charge in [0.05, 0.1) is 11.4 Å². The summed E-state index contributed by atoms with van der Waals surface area (Å²) in [7, 11) is 0. The normalized spacial score (nSPS) is 11.9. The summed E-state index contributed by atoms with van der Waals surface area (Å²) in [6, 6.07) is 3.74. The molecule has 0 unspecified atom stereocenters. The summed E-state index contributed by atoms with van der Waals surface area (Å²) in [5.74, 6) is 0. The smallest absolute Gasteiger partial charge is 0.160 e. The summed E-state index contributed by atoms with van der Waals surface area (Å²) in [5, 5.41) is 11.2. The minimum absolute atomic E-state index is 0.0436. The standard InChI is InChI=1S/C12H18N4O/c1-4-12(3,5-2)14-9-7-6-8(13)10-11(9)16-17-15-10/h6-7,14H,4-5,13H2,1-3H3. The maximum absolute atomic E-state index is 5.81. The first kappa shape index (κ1) is 11.7. The van der Waals surface area contributed by atoms with Gasteiger partial charge in [-0.25, -0.2) is 4.63 Å². The van der Waals surface area contributed by atoms with Gasteiger partial charge in [-0.3, -0.25) is 0 Å². The van der Waals surface area contributed by atoms with Crippen molar-refractivity contribution in [1.82, 2.24) is 10.3 Å². The van der Waals surface area contributed by atoms with Gasteiger partial charge >= 0.3 is 0 Å². The minimum Gasteiger partial charge on any atom is -0.397 e. The van der Waals surface area contributed by atoms with E-state index in [2.05, 4.69) is 36.4 Å². The van der Waals surface area contributed by atoms with E-state index in [9.17, 15) is 0 Å². The molecule has 5 heteroatoms. The van der Waals surface area contributed by atoms with E-state index < -0.39 is 0 Å². The van der Waals surface area contributed by atoms with Crippen LogP contribution in [0.2, 0.25) is 0 Å².